The normalized spacial score (nSPS) is 27.7. The van der Waals surface area contributed by atoms with Gasteiger partial charge in [-0.1, -0.05) is 48.6 Å². The molecule has 1 unspecified atom stereocenters. The number of fused-ring (bicyclic) bond motifs is 2. The van der Waals surface area contributed by atoms with Crippen LogP contribution in [0.2, 0.25) is 0 Å². The fourth-order valence-corrected chi connectivity index (χ4v) is 3.72. The van der Waals surface area contributed by atoms with Gasteiger partial charge in [-0.15, -0.1) is 0 Å². The molecule has 2 aliphatic heterocycles. The first kappa shape index (κ1) is 19.0. The molecule has 0 aromatic rings. The summed E-state index contributed by atoms with van der Waals surface area (Å²) in [5.41, 5.74) is 5.40. The maximum atomic E-state index is 12.3. The second-order valence-corrected chi connectivity index (χ2v) is 7.03. The quantitative estimate of drug-likeness (QED) is 0.750. The van der Waals surface area contributed by atoms with E-state index in [4.69, 9.17) is 14.5 Å². The zero-order chi connectivity index (χ0) is 20.2. The van der Waals surface area contributed by atoms with E-state index in [1.807, 2.05) is 18.2 Å². The Bertz CT molecular complexity index is 997. The van der Waals surface area contributed by atoms with Crippen molar-refractivity contribution in [2.75, 3.05) is 20.8 Å². The highest BCUT2D eigenvalue weighted by molar-refractivity contribution is 6.16. The highest BCUT2D eigenvalue weighted by Gasteiger charge is 2.27. The molecule has 29 heavy (non-hydrogen) atoms. The van der Waals surface area contributed by atoms with Crippen molar-refractivity contribution in [1.82, 2.24) is 5.32 Å². The van der Waals surface area contributed by atoms with E-state index in [2.05, 4.69) is 47.8 Å². The first-order valence-electron chi connectivity index (χ1n) is 9.71. The van der Waals surface area contributed by atoms with Crippen LogP contribution in [0.15, 0.2) is 99.5 Å². The molecule has 5 heteroatoms. The summed E-state index contributed by atoms with van der Waals surface area (Å²) in [7, 11) is 3.10. The van der Waals surface area contributed by atoms with Crippen molar-refractivity contribution >= 4 is 11.7 Å². The van der Waals surface area contributed by atoms with E-state index < -0.39 is 0 Å². The second-order valence-electron chi connectivity index (χ2n) is 7.03. The van der Waals surface area contributed by atoms with Crippen LogP contribution in [0, 0.1) is 0 Å². The van der Waals surface area contributed by atoms with Gasteiger partial charge >= 0.3 is 5.97 Å². The largest absolute Gasteiger partial charge is 0.501 e. The number of dihydropyridines is 1. The van der Waals surface area contributed by atoms with Crippen LogP contribution >= 0.6 is 0 Å². The topological polar surface area (TPSA) is 59.9 Å². The van der Waals surface area contributed by atoms with Gasteiger partial charge in [0.05, 0.1) is 49.5 Å². The molecule has 4 rings (SSSR count). The lowest BCUT2D eigenvalue weighted by Crippen LogP contribution is -2.33. The summed E-state index contributed by atoms with van der Waals surface area (Å²) in [5.74, 6) is 0.603. The van der Waals surface area contributed by atoms with Crippen LogP contribution in [0.1, 0.15) is 12.8 Å². The summed E-state index contributed by atoms with van der Waals surface area (Å²) >= 11 is 0. The molecule has 1 atom stereocenters. The van der Waals surface area contributed by atoms with Crippen molar-refractivity contribution in [2.24, 2.45) is 4.99 Å². The Hall–Kier alpha value is -3.34. The lowest BCUT2D eigenvalue weighted by Gasteiger charge is -2.26. The minimum Gasteiger partial charge on any atom is -0.501 e. The van der Waals surface area contributed by atoms with E-state index in [9.17, 15) is 4.79 Å². The molecule has 4 aliphatic rings. The van der Waals surface area contributed by atoms with E-state index in [0.29, 0.717) is 5.57 Å². The minimum absolute atomic E-state index is 0.0788. The van der Waals surface area contributed by atoms with E-state index >= 15 is 0 Å². The first-order chi connectivity index (χ1) is 14.2. The molecule has 0 amide bonds. The van der Waals surface area contributed by atoms with E-state index in [1.54, 1.807) is 7.11 Å². The van der Waals surface area contributed by atoms with Crippen LogP contribution in [0.5, 0.6) is 0 Å². The molecule has 0 fully saturated rings. The molecule has 2 bridgehead atoms. The minimum atomic E-state index is -0.352. The standard InChI is InChI=1S/C24H24N2O3/c1-28-20-11-5-8-16(9-6-12-20)22-23-21(14-18(15-25-22)24(27)29-2)17-7-3-4-10-19(13-17)26-23/h3-5,7-10,12-14,19,26H,6,11,15H2,1-2H3/b8-5-,16-9+,20-12+. The van der Waals surface area contributed by atoms with Crippen molar-refractivity contribution in [2.45, 2.75) is 18.9 Å². The number of methoxy groups -OCH3 is 2. The fraction of sp³-hybridized carbons (Fsp3) is 0.250. The summed E-state index contributed by atoms with van der Waals surface area (Å²) < 4.78 is 10.4. The van der Waals surface area contributed by atoms with Crippen molar-refractivity contribution in [1.29, 1.82) is 0 Å². The molecule has 0 aromatic carbocycles. The van der Waals surface area contributed by atoms with Crippen molar-refractivity contribution in [3.8, 4) is 0 Å². The Morgan fingerprint density at radius 3 is 2.90 bits per heavy atom. The molecule has 0 saturated carbocycles. The van der Waals surface area contributed by atoms with Crippen LogP contribution in [0.4, 0.5) is 0 Å². The Morgan fingerprint density at radius 2 is 2.07 bits per heavy atom. The van der Waals surface area contributed by atoms with Crippen molar-refractivity contribution in [3.63, 3.8) is 0 Å². The third-order valence-electron chi connectivity index (χ3n) is 5.20. The molecule has 2 heterocycles. The molecule has 0 spiro atoms. The van der Waals surface area contributed by atoms with Gasteiger partial charge in [0.2, 0.25) is 0 Å². The number of rotatable bonds is 3. The number of hydrogen-bond donors (Lipinski definition) is 1. The molecular formula is C24H24N2O3. The molecule has 1 N–H and O–H groups in total. The van der Waals surface area contributed by atoms with Gasteiger partial charge in [0.1, 0.15) is 0 Å². The Labute approximate surface area is 170 Å². The number of carbonyl (C=O) groups excluding carboxylic acids is 1. The summed E-state index contributed by atoms with van der Waals surface area (Å²) in [6, 6.07) is 0.0788. The molecule has 0 saturated heterocycles. The maximum Gasteiger partial charge on any atom is 0.335 e. The average molecular weight is 388 g/mol. The van der Waals surface area contributed by atoms with Gasteiger partial charge in [0.25, 0.3) is 0 Å². The SMILES string of the molecule is COC(=O)C1=CC2=C(NC3C=CC=CC2=C3)C(C2=C/C/C=C(/OC)C/C=C\2)=NC1. The molecule has 0 radical (unpaired) electrons. The first-order valence-corrected chi connectivity index (χ1v) is 9.71. The third-order valence-corrected chi connectivity index (χ3v) is 5.20. The van der Waals surface area contributed by atoms with Crippen LogP contribution < -0.4 is 5.32 Å². The molecular weight excluding hydrogens is 364 g/mol. The van der Waals surface area contributed by atoms with Gasteiger partial charge in [-0.25, -0.2) is 4.79 Å². The highest BCUT2D eigenvalue weighted by atomic mass is 16.5. The van der Waals surface area contributed by atoms with Gasteiger partial charge in [0, 0.05) is 12.0 Å². The third kappa shape index (κ3) is 3.94. The number of carbonyl (C=O) groups is 1. The number of nitrogens with zero attached hydrogens (tertiary/aromatic N) is 1. The number of ether oxygens (including phenoxy) is 2. The van der Waals surface area contributed by atoms with Crippen molar-refractivity contribution in [3.05, 3.63) is 94.5 Å². The van der Waals surface area contributed by atoms with Crippen molar-refractivity contribution < 1.29 is 14.3 Å². The van der Waals surface area contributed by atoms with E-state index in [1.165, 1.54) is 7.11 Å². The summed E-state index contributed by atoms with van der Waals surface area (Å²) in [6.07, 6.45) is 22.2. The fourth-order valence-electron chi connectivity index (χ4n) is 3.72. The van der Waals surface area contributed by atoms with Crippen LogP contribution in [0.25, 0.3) is 0 Å². The smallest absolute Gasteiger partial charge is 0.335 e. The summed E-state index contributed by atoms with van der Waals surface area (Å²) in [6.45, 7) is 0.276. The van der Waals surface area contributed by atoms with E-state index in [0.717, 1.165) is 46.7 Å². The van der Waals surface area contributed by atoms with Gasteiger partial charge in [-0.05, 0) is 29.7 Å². The zero-order valence-electron chi connectivity index (χ0n) is 16.6. The Morgan fingerprint density at radius 1 is 1.17 bits per heavy atom. The highest BCUT2D eigenvalue weighted by Crippen LogP contribution is 2.31. The second kappa shape index (κ2) is 8.35. The summed E-state index contributed by atoms with van der Waals surface area (Å²) in [4.78, 5) is 17.1. The number of allylic oxidation sites excluding steroid dienone is 11. The average Bonchev–Trinajstić information content (AvgIpc) is 3.03. The lowest BCUT2D eigenvalue weighted by molar-refractivity contribution is -0.136. The van der Waals surface area contributed by atoms with Gasteiger partial charge in [0.15, 0.2) is 0 Å². The van der Waals surface area contributed by atoms with Crippen LogP contribution in [-0.4, -0.2) is 38.5 Å². The van der Waals surface area contributed by atoms with E-state index in [-0.39, 0.29) is 18.6 Å². The lowest BCUT2D eigenvalue weighted by atomic mass is 9.91. The molecule has 2 aliphatic carbocycles. The van der Waals surface area contributed by atoms with Crippen LogP contribution in [0.3, 0.4) is 0 Å². The van der Waals surface area contributed by atoms with Gasteiger partial charge in [-0.2, -0.15) is 0 Å². The predicted molar refractivity (Wildman–Crippen MR) is 114 cm³/mol. The molecule has 5 nitrogen and oxygen atoms in total. The number of hydrogen-bond acceptors (Lipinski definition) is 5. The Kier molecular flexibility index (Phi) is 5.47. The zero-order valence-corrected chi connectivity index (χ0v) is 16.6. The predicted octanol–water partition coefficient (Wildman–Crippen LogP) is 3.63. The Balaban J connectivity index is 1.80. The summed E-state index contributed by atoms with van der Waals surface area (Å²) in [5, 5.41) is 3.58. The maximum absolute atomic E-state index is 12.3. The molecule has 0 aromatic heterocycles. The van der Waals surface area contributed by atoms with Gasteiger partial charge in [-0.3, -0.25) is 4.99 Å². The monoisotopic (exact) mass is 388 g/mol. The molecule has 148 valence electrons. The number of esters is 1. The van der Waals surface area contributed by atoms with Crippen LogP contribution in [-0.2, 0) is 14.3 Å². The number of nitrogens with one attached hydrogen (secondary N) is 1. The van der Waals surface area contributed by atoms with Gasteiger partial charge < -0.3 is 14.8 Å². The number of aliphatic imine (C=N–C) groups is 1.